The lowest BCUT2D eigenvalue weighted by atomic mass is 9.83. The molecule has 1 aliphatic heterocycles. The zero-order valence-electron chi connectivity index (χ0n) is 25.3. The zero-order chi connectivity index (χ0) is 29.9. The fourth-order valence-electron chi connectivity index (χ4n) is 5.63. The molecule has 0 bridgehead atoms. The maximum absolute atomic E-state index is 13.7. The number of ether oxygens (including phenoxy) is 1. The summed E-state index contributed by atoms with van der Waals surface area (Å²) in [5, 5.41) is 9.97. The Morgan fingerprint density at radius 3 is 2.60 bits per heavy atom. The molecule has 2 fully saturated rings. The van der Waals surface area contributed by atoms with Crippen molar-refractivity contribution in [1.29, 1.82) is 0 Å². The molecule has 1 saturated carbocycles. The van der Waals surface area contributed by atoms with Crippen LogP contribution in [-0.4, -0.2) is 79.1 Å². The smallest absolute Gasteiger partial charge is 0.243 e. The van der Waals surface area contributed by atoms with Gasteiger partial charge in [-0.2, -0.15) is 0 Å². The quantitative estimate of drug-likeness (QED) is 0.302. The number of carbonyl (C=O) groups is 3. The average Bonchev–Trinajstić information content (AvgIpc) is 3.41. The van der Waals surface area contributed by atoms with E-state index in [0.29, 0.717) is 31.8 Å². The molecular formula is C32H47N5O4S. The van der Waals surface area contributed by atoms with E-state index in [1.54, 1.807) is 24.3 Å². The molecule has 3 amide bonds. The Morgan fingerprint density at radius 1 is 1.12 bits per heavy atom. The standard InChI is InChI=1S/C32H47N5O4S/c1-4-29(38)34-26(20-31-35-25-13-12-24(22(2)3)19-28(25)42-31)32(40)36-27(23-9-6-5-7-10-23)21-33-30(39)11-8-14-37-15-17-41-18-16-37/h8,11-13,19,22-23,26-27H,4-7,9-10,14-18,20-21H2,1-3H3,(H,33,39)(H,34,38)(H,36,40)/b11-8+/t26-,27+/m0/s1. The maximum Gasteiger partial charge on any atom is 0.243 e. The lowest BCUT2D eigenvalue weighted by Gasteiger charge is -2.32. The molecule has 1 aliphatic carbocycles. The van der Waals surface area contributed by atoms with Crippen LogP contribution in [0.25, 0.3) is 10.2 Å². The molecular weight excluding hydrogens is 550 g/mol. The number of rotatable bonds is 13. The number of nitrogens with zero attached hydrogens (tertiary/aromatic N) is 2. The zero-order valence-corrected chi connectivity index (χ0v) is 26.1. The average molecular weight is 598 g/mol. The van der Waals surface area contributed by atoms with Gasteiger partial charge in [-0.3, -0.25) is 19.3 Å². The van der Waals surface area contributed by atoms with Crippen LogP contribution in [0.2, 0.25) is 0 Å². The van der Waals surface area contributed by atoms with Crippen molar-refractivity contribution in [3.8, 4) is 0 Å². The number of aromatic nitrogens is 1. The molecule has 2 atom stereocenters. The first-order valence-electron chi connectivity index (χ1n) is 15.6. The van der Waals surface area contributed by atoms with Crippen LogP contribution in [0.15, 0.2) is 30.4 Å². The van der Waals surface area contributed by atoms with Crippen LogP contribution in [0.1, 0.15) is 75.8 Å². The number of amides is 3. The molecule has 2 aromatic rings. The second kappa shape index (κ2) is 16.1. The van der Waals surface area contributed by atoms with E-state index < -0.39 is 6.04 Å². The molecule has 4 rings (SSSR count). The summed E-state index contributed by atoms with van der Waals surface area (Å²) in [5.74, 6) is 0.127. The Balaban J connectivity index is 1.41. The van der Waals surface area contributed by atoms with Crippen molar-refractivity contribution in [2.45, 2.75) is 83.7 Å². The second-order valence-corrected chi connectivity index (χ2v) is 12.9. The fraction of sp³-hybridized carbons (Fsp3) is 0.625. The summed E-state index contributed by atoms with van der Waals surface area (Å²) in [4.78, 5) is 45.8. The third-order valence-electron chi connectivity index (χ3n) is 8.25. The minimum Gasteiger partial charge on any atom is -0.379 e. The van der Waals surface area contributed by atoms with Crippen LogP contribution in [0.5, 0.6) is 0 Å². The number of fused-ring (bicyclic) bond motifs is 1. The summed E-state index contributed by atoms with van der Waals surface area (Å²) >= 11 is 1.57. The van der Waals surface area contributed by atoms with E-state index in [1.807, 2.05) is 12.1 Å². The van der Waals surface area contributed by atoms with Crippen molar-refractivity contribution in [2.75, 3.05) is 39.4 Å². The van der Waals surface area contributed by atoms with E-state index in [-0.39, 0.29) is 29.7 Å². The van der Waals surface area contributed by atoms with Gasteiger partial charge in [0, 0.05) is 51.1 Å². The van der Waals surface area contributed by atoms with Gasteiger partial charge in [0.1, 0.15) is 6.04 Å². The first kappa shape index (κ1) is 32.1. The third-order valence-corrected chi connectivity index (χ3v) is 9.29. The van der Waals surface area contributed by atoms with Gasteiger partial charge in [-0.15, -0.1) is 11.3 Å². The lowest BCUT2D eigenvalue weighted by molar-refractivity contribution is -0.129. The summed E-state index contributed by atoms with van der Waals surface area (Å²) in [6.07, 6.45) is 9.52. The Morgan fingerprint density at radius 2 is 1.88 bits per heavy atom. The highest BCUT2D eigenvalue weighted by atomic mass is 32.1. The highest BCUT2D eigenvalue weighted by Crippen LogP contribution is 2.28. The van der Waals surface area contributed by atoms with E-state index >= 15 is 0 Å². The molecule has 3 N–H and O–H groups in total. The molecule has 0 spiro atoms. The van der Waals surface area contributed by atoms with Crippen molar-refractivity contribution in [1.82, 2.24) is 25.8 Å². The van der Waals surface area contributed by atoms with E-state index in [4.69, 9.17) is 9.72 Å². The predicted molar refractivity (Wildman–Crippen MR) is 168 cm³/mol. The van der Waals surface area contributed by atoms with Crippen LogP contribution in [0.4, 0.5) is 0 Å². The molecule has 2 aliphatic rings. The second-order valence-electron chi connectivity index (χ2n) is 11.7. The number of thiazole rings is 1. The van der Waals surface area contributed by atoms with E-state index in [1.165, 1.54) is 12.0 Å². The van der Waals surface area contributed by atoms with Gasteiger partial charge >= 0.3 is 0 Å². The maximum atomic E-state index is 13.7. The molecule has 1 saturated heterocycles. The van der Waals surface area contributed by atoms with Gasteiger partial charge in [0.25, 0.3) is 0 Å². The molecule has 0 unspecified atom stereocenters. The Hall–Kier alpha value is -2.82. The first-order valence-corrected chi connectivity index (χ1v) is 16.4. The van der Waals surface area contributed by atoms with Gasteiger partial charge in [-0.05, 0) is 42.4 Å². The van der Waals surface area contributed by atoms with Gasteiger partial charge in [0.15, 0.2) is 0 Å². The fourth-order valence-corrected chi connectivity index (χ4v) is 6.69. The summed E-state index contributed by atoms with van der Waals surface area (Å²) in [5.41, 5.74) is 2.16. The molecule has 230 valence electrons. The number of morpholine rings is 1. The largest absolute Gasteiger partial charge is 0.379 e. The van der Waals surface area contributed by atoms with Crippen LogP contribution >= 0.6 is 11.3 Å². The van der Waals surface area contributed by atoms with E-state index in [9.17, 15) is 14.4 Å². The SMILES string of the molecule is CCC(=O)N[C@@H](Cc1nc2ccc(C(C)C)cc2s1)C(=O)N[C@H](CNC(=O)/C=C/CN1CCOCC1)C1CCCCC1. The monoisotopic (exact) mass is 597 g/mol. The van der Waals surface area contributed by atoms with Gasteiger partial charge in [-0.1, -0.05) is 52.2 Å². The van der Waals surface area contributed by atoms with Crippen molar-refractivity contribution < 1.29 is 19.1 Å². The van der Waals surface area contributed by atoms with Crippen LogP contribution in [0.3, 0.4) is 0 Å². The normalized spacial score (nSPS) is 18.3. The number of nitrogens with one attached hydrogen (secondary N) is 3. The summed E-state index contributed by atoms with van der Waals surface area (Å²) in [6, 6.07) is 5.34. The van der Waals surface area contributed by atoms with Crippen molar-refractivity contribution in [2.24, 2.45) is 5.92 Å². The summed E-state index contributed by atoms with van der Waals surface area (Å²) in [6.45, 7) is 10.4. The number of benzene rings is 1. The van der Waals surface area contributed by atoms with Crippen molar-refractivity contribution in [3.05, 3.63) is 40.9 Å². The van der Waals surface area contributed by atoms with Crippen LogP contribution in [0, 0.1) is 5.92 Å². The van der Waals surface area contributed by atoms with E-state index in [0.717, 1.165) is 67.2 Å². The molecule has 1 aromatic carbocycles. The minimum absolute atomic E-state index is 0.163. The molecule has 10 heteroatoms. The molecule has 2 heterocycles. The third kappa shape index (κ3) is 9.61. The summed E-state index contributed by atoms with van der Waals surface area (Å²) in [7, 11) is 0. The Labute approximate surface area is 253 Å². The van der Waals surface area contributed by atoms with Gasteiger partial charge in [-0.25, -0.2) is 4.98 Å². The van der Waals surface area contributed by atoms with Gasteiger partial charge in [0.2, 0.25) is 17.7 Å². The predicted octanol–water partition coefficient (Wildman–Crippen LogP) is 3.93. The Kier molecular flexibility index (Phi) is 12.3. The highest BCUT2D eigenvalue weighted by molar-refractivity contribution is 7.18. The minimum atomic E-state index is -0.738. The number of hydrogen-bond acceptors (Lipinski definition) is 7. The topological polar surface area (TPSA) is 113 Å². The lowest BCUT2D eigenvalue weighted by Crippen LogP contribution is -2.55. The first-order chi connectivity index (χ1) is 20.3. The van der Waals surface area contributed by atoms with E-state index in [2.05, 4.69) is 46.8 Å². The molecule has 42 heavy (non-hydrogen) atoms. The summed E-state index contributed by atoms with van der Waals surface area (Å²) < 4.78 is 6.46. The number of hydrogen-bond donors (Lipinski definition) is 3. The molecule has 1 aromatic heterocycles. The van der Waals surface area contributed by atoms with Gasteiger partial charge < -0.3 is 20.7 Å². The Bertz CT molecular complexity index is 1220. The van der Waals surface area contributed by atoms with Crippen molar-refractivity contribution in [3.63, 3.8) is 0 Å². The molecule has 0 radical (unpaired) electrons. The highest BCUT2D eigenvalue weighted by Gasteiger charge is 2.29. The number of carbonyl (C=O) groups excluding carboxylic acids is 3. The van der Waals surface area contributed by atoms with Crippen molar-refractivity contribution >= 4 is 39.3 Å². The van der Waals surface area contributed by atoms with Crippen LogP contribution in [-0.2, 0) is 25.5 Å². The van der Waals surface area contributed by atoms with Crippen LogP contribution < -0.4 is 16.0 Å². The van der Waals surface area contributed by atoms with Gasteiger partial charge in [0.05, 0.1) is 28.4 Å². The molecule has 9 nitrogen and oxygen atoms in total.